The first-order valence-electron chi connectivity index (χ1n) is 6.95. The molecule has 0 saturated carbocycles. The summed E-state index contributed by atoms with van der Waals surface area (Å²) in [7, 11) is 2.17. The van der Waals surface area contributed by atoms with Gasteiger partial charge in [-0.05, 0) is 57.0 Å². The fraction of sp³-hybridized carbons (Fsp3) is 0.533. The number of nitrogens with two attached hydrogens (primary N) is 1. The molecule has 1 fully saturated rings. The molecule has 1 aliphatic heterocycles. The van der Waals surface area contributed by atoms with Gasteiger partial charge in [0.15, 0.2) is 5.96 Å². The van der Waals surface area contributed by atoms with Crippen LogP contribution in [0.25, 0.3) is 0 Å². The lowest BCUT2D eigenvalue weighted by molar-refractivity contribution is 0.214. The van der Waals surface area contributed by atoms with Crippen molar-refractivity contribution in [2.24, 2.45) is 16.6 Å². The molecule has 112 valence electrons. The number of nitrogens with zero attached hydrogens (tertiary/aromatic N) is 2. The minimum Gasteiger partial charge on any atom is -0.370 e. The summed E-state index contributed by atoms with van der Waals surface area (Å²) in [6, 6.07) is 8.15. The average molecular weight is 388 g/mol. The van der Waals surface area contributed by atoms with Gasteiger partial charge in [0.25, 0.3) is 0 Å². The van der Waals surface area contributed by atoms with Crippen molar-refractivity contribution in [1.82, 2.24) is 4.90 Å². The van der Waals surface area contributed by atoms with Crippen LogP contribution in [0.4, 0.5) is 5.69 Å². The Kier molecular flexibility index (Phi) is 7.29. The first kappa shape index (κ1) is 17.2. The molecular formula is C15H25IN4. The predicted molar refractivity (Wildman–Crippen MR) is 96.9 cm³/mol. The van der Waals surface area contributed by atoms with Crippen LogP contribution in [-0.4, -0.2) is 37.5 Å². The average Bonchev–Trinajstić information content (AvgIpc) is 2.36. The molecule has 0 aromatic heterocycles. The third kappa shape index (κ3) is 5.66. The van der Waals surface area contributed by atoms with E-state index in [1.165, 1.54) is 24.9 Å². The van der Waals surface area contributed by atoms with E-state index in [0.29, 0.717) is 11.9 Å². The van der Waals surface area contributed by atoms with Crippen molar-refractivity contribution in [1.29, 1.82) is 0 Å². The summed E-state index contributed by atoms with van der Waals surface area (Å²) in [6.45, 7) is 5.21. The van der Waals surface area contributed by atoms with Crippen molar-refractivity contribution in [3.8, 4) is 0 Å². The second-order valence-corrected chi connectivity index (χ2v) is 5.49. The Balaban J connectivity index is 0.00000200. The molecule has 1 aliphatic rings. The topological polar surface area (TPSA) is 53.6 Å². The molecule has 20 heavy (non-hydrogen) atoms. The third-order valence-corrected chi connectivity index (χ3v) is 3.53. The number of rotatable bonds is 3. The van der Waals surface area contributed by atoms with Gasteiger partial charge in [0.05, 0.1) is 0 Å². The van der Waals surface area contributed by atoms with Crippen LogP contribution in [0.3, 0.4) is 0 Å². The van der Waals surface area contributed by atoms with Crippen LogP contribution in [-0.2, 0) is 0 Å². The minimum atomic E-state index is 0. The minimum absolute atomic E-state index is 0. The van der Waals surface area contributed by atoms with Gasteiger partial charge in [-0.3, -0.25) is 4.99 Å². The standard InChI is InChI=1S/C15H24N4.HI/c1-12-5-3-7-14(9-12)18-15(16)17-10-13-6-4-8-19(2)11-13;/h3,5,7,9,13H,4,6,8,10-11H2,1-2H3,(H3,16,17,18);1H. The number of anilines is 1. The third-order valence-electron chi connectivity index (χ3n) is 3.53. The fourth-order valence-corrected chi connectivity index (χ4v) is 2.56. The molecule has 5 heteroatoms. The van der Waals surface area contributed by atoms with Crippen LogP contribution in [0.5, 0.6) is 0 Å². The second-order valence-electron chi connectivity index (χ2n) is 5.49. The first-order chi connectivity index (χ1) is 9.13. The Hall–Kier alpha value is -0.820. The van der Waals surface area contributed by atoms with Crippen LogP contribution in [0.1, 0.15) is 18.4 Å². The van der Waals surface area contributed by atoms with Gasteiger partial charge in [0, 0.05) is 18.8 Å². The summed E-state index contributed by atoms with van der Waals surface area (Å²) in [4.78, 5) is 6.83. The molecule has 1 aromatic carbocycles. The van der Waals surface area contributed by atoms with Gasteiger partial charge in [0.2, 0.25) is 0 Å². The summed E-state index contributed by atoms with van der Waals surface area (Å²) in [5.41, 5.74) is 8.15. The molecule has 0 spiro atoms. The number of piperidine rings is 1. The lowest BCUT2D eigenvalue weighted by Gasteiger charge is -2.28. The Bertz CT molecular complexity index is 447. The van der Waals surface area contributed by atoms with Crippen molar-refractivity contribution in [3.05, 3.63) is 29.8 Å². The van der Waals surface area contributed by atoms with Gasteiger partial charge in [-0.25, -0.2) is 0 Å². The predicted octanol–water partition coefficient (Wildman–Crippen LogP) is 2.68. The maximum Gasteiger partial charge on any atom is 0.193 e. The molecule has 1 atom stereocenters. The number of guanidine groups is 1. The molecule has 1 aromatic rings. The van der Waals surface area contributed by atoms with Crippen LogP contribution >= 0.6 is 24.0 Å². The smallest absolute Gasteiger partial charge is 0.193 e. The molecule has 3 N–H and O–H groups in total. The number of hydrogen-bond acceptors (Lipinski definition) is 2. The van der Waals surface area contributed by atoms with E-state index in [1.807, 2.05) is 12.1 Å². The van der Waals surface area contributed by atoms with E-state index in [2.05, 4.69) is 41.3 Å². The molecule has 2 rings (SSSR count). The van der Waals surface area contributed by atoms with E-state index in [9.17, 15) is 0 Å². The van der Waals surface area contributed by atoms with Crippen LogP contribution in [0, 0.1) is 12.8 Å². The summed E-state index contributed by atoms with van der Waals surface area (Å²) in [6.07, 6.45) is 2.52. The van der Waals surface area contributed by atoms with Gasteiger partial charge in [-0.1, -0.05) is 12.1 Å². The van der Waals surface area contributed by atoms with Crippen molar-refractivity contribution in [2.45, 2.75) is 19.8 Å². The molecule has 1 saturated heterocycles. The largest absolute Gasteiger partial charge is 0.370 e. The van der Waals surface area contributed by atoms with Crippen LogP contribution in [0.15, 0.2) is 29.3 Å². The summed E-state index contributed by atoms with van der Waals surface area (Å²) in [5, 5.41) is 3.15. The Labute approximate surface area is 138 Å². The highest BCUT2D eigenvalue weighted by atomic mass is 127. The van der Waals surface area contributed by atoms with E-state index >= 15 is 0 Å². The van der Waals surface area contributed by atoms with E-state index in [4.69, 9.17) is 5.73 Å². The maximum atomic E-state index is 5.93. The maximum absolute atomic E-state index is 5.93. The van der Waals surface area contributed by atoms with Gasteiger partial charge in [0.1, 0.15) is 0 Å². The van der Waals surface area contributed by atoms with E-state index in [-0.39, 0.29) is 24.0 Å². The fourth-order valence-electron chi connectivity index (χ4n) is 2.56. The molecular weight excluding hydrogens is 363 g/mol. The lowest BCUT2D eigenvalue weighted by Crippen LogP contribution is -2.34. The number of nitrogens with one attached hydrogen (secondary N) is 1. The highest BCUT2D eigenvalue weighted by Gasteiger charge is 2.16. The molecule has 0 radical (unpaired) electrons. The SMILES string of the molecule is Cc1cccc(NC(N)=NCC2CCCN(C)C2)c1.I. The molecule has 0 bridgehead atoms. The highest BCUT2D eigenvalue weighted by molar-refractivity contribution is 14.0. The van der Waals surface area contributed by atoms with Gasteiger partial charge < -0.3 is 16.0 Å². The van der Waals surface area contributed by atoms with Crippen LogP contribution in [0.2, 0.25) is 0 Å². The zero-order valence-electron chi connectivity index (χ0n) is 12.3. The molecule has 0 amide bonds. The Morgan fingerprint density at radius 3 is 3.00 bits per heavy atom. The number of aliphatic imine (C=N–C) groups is 1. The lowest BCUT2D eigenvalue weighted by atomic mass is 9.99. The number of aryl methyl sites for hydroxylation is 1. The number of hydrogen-bond donors (Lipinski definition) is 2. The molecule has 1 unspecified atom stereocenters. The number of likely N-dealkylation sites (tertiary alicyclic amines) is 1. The zero-order chi connectivity index (χ0) is 13.7. The van der Waals surface area contributed by atoms with Gasteiger partial charge in [-0.2, -0.15) is 0 Å². The Morgan fingerprint density at radius 1 is 1.50 bits per heavy atom. The summed E-state index contributed by atoms with van der Waals surface area (Å²) in [5.74, 6) is 1.15. The first-order valence-corrected chi connectivity index (χ1v) is 6.95. The van der Waals surface area contributed by atoms with E-state index in [0.717, 1.165) is 18.8 Å². The molecule has 4 nitrogen and oxygen atoms in total. The summed E-state index contributed by atoms with van der Waals surface area (Å²) >= 11 is 0. The number of benzene rings is 1. The van der Waals surface area contributed by atoms with Crippen molar-refractivity contribution in [3.63, 3.8) is 0 Å². The normalized spacial score (nSPS) is 20.3. The monoisotopic (exact) mass is 388 g/mol. The van der Waals surface area contributed by atoms with Gasteiger partial charge in [-0.15, -0.1) is 24.0 Å². The zero-order valence-corrected chi connectivity index (χ0v) is 14.6. The highest BCUT2D eigenvalue weighted by Crippen LogP contribution is 2.15. The quantitative estimate of drug-likeness (QED) is 0.476. The van der Waals surface area contributed by atoms with E-state index < -0.39 is 0 Å². The molecule has 1 heterocycles. The Morgan fingerprint density at radius 2 is 2.30 bits per heavy atom. The van der Waals surface area contributed by atoms with Crippen molar-refractivity contribution >= 4 is 35.6 Å². The molecule has 0 aliphatic carbocycles. The van der Waals surface area contributed by atoms with Crippen molar-refractivity contribution in [2.75, 3.05) is 32.0 Å². The summed E-state index contributed by atoms with van der Waals surface area (Å²) < 4.78 is 0. The van der Waals surface area contributed by atoms with Crippen molar-refractivity contribution < 1.29 is 0 Å². The van der Waals surface area contributed by atoms with Gasteiger partial charge >= 0.3 is 0 Å². The van der Waals surface area contributed by atoms with E-state index in [1.54, 1.807) is 0 Å². The number of halogens is 1. The van der Waals surface area contributed by atoms with Crippen LogP contribution < -0.4 is 11.1 Å². The second kappa shape index (κ2) is 8.46.